The first-order valence-corrected chi connectivity index (χ1v) is 11.0. The molecule has 172 valence electrons. The van der Waals surface area contributed by atoms with E-state index in [9.17, 15) is 0 Å². The predicted octanol–water partition coefficient (Wildman–Crippen LogP) is -2.67. The van der Waals surface area contributed by atoms with Crippen LogP contribution < -0.4 is 35.5 Å². The van der Waals surface area contributed by atoms with Gasteiger partial charge in [0.15, 0.2) is 0 Å². The Morgan fingerprint density at radius 3 is 2.30 bits per heavy atom. The number of nitrogens with one attached hydrogen (secondary N) is 1. The van der Waals surface area contributed by atoms with Crippen LogP contribution in [0.25, 0.3) is 33.4 Å². The molecule has 0 amide bonds. The number of pyridine rings is 1. The van der Waals surface area contributed by atoms with Crippen LogP contribution in [-0.4, -0.2) is 21.7 Å². The highest BCUT2D eigenvalue weighted by Gasteiger charge is 2.38. The van der Waals surface area contributed by atoms with Gasteiger partial charge in [-0.15, -0.1) is 0 Å². The van der Waals surface area contributed by atoms with Gasteiger partial charge in [0.1, 0.15) is 11.7 Å². The molecule has 2 aromatic heterocycles. The summed E-state index contributed by atoms with van der Waals surface area (Å²) in [4.78, 5) is 13.0. The summed E-state index contributed by atoms with van der Waals surface area (Å²) in [6.07, 6.45) is 6.92. The van der Waals surface area contributed by atoms with Crippen LogP contribution in [0.3, 0.4) is 0 Å². The van der Waals surface area contributed by atoms with Crippen molar-refractivity contribution >= 4 is 11.0 Å². The third kappa shape index (κ3) is 5.02. The summed E-state index contributed by atoms with van der Waals surface area (Å²) in [5, 5.41) is 10.1. The molecule has 7 heteroatoms. The van der Waals surface area contributed by atoms with Crippen LogP contribution in [-0.2, 0) is 12.0 Å². The minimum Gasteiger partial charge on any atom is -1.00 e. The average Bonchev–Trinajstić information content (AvgIpc) is 2.81. The largest absolute Gasteiger partial charge is 1.00 e. The minimum atomic E-state index is 0. The summed E-state index contributed by atoms with van der Waals surface area (Å²) >= 11 is 0. The van der Waals surface area contributed by atoms with Crippen LogP contribution in [0.15, 0.2) is 66.9 Å². The first-order chi connectivity index (χ1) is 15.2. The molecular weight excluding hydrogens is 455 g/mol. The molecule has 0 bridgehead atoms. The van der Waals surface area contributed by atoms with E-state index >= 15 is 0 Å². The van der Waals surface area contributed by atoms with Crippen molar-refractivity contribution in [2.45, 2.75) is 37.6 Å². The number of H-pyrrole nitrogens is 1. The van der Waals surface area contributed by atoms with Crippen molar-refractivity contribution in [3.8, 4) is 22.4 Å². The highest BCUT2D eigenvalue weighted by atomic mass is 35.5. The van der Waals surface area contributed by atoms with Gasteiger partial charge in [-0.05, 0) is 29.5 Å². The zero-order valence-electron chi connectivity index (χ0n) is 18.4. The Bertz CT molecular complexity index is 1210. The van der Waals surface area contributed by atoms with Gasteiger partial charge in [-0.3, -0.25) is 0 Å². The number of quaternary nitrogens is 1. The summed E-state index contributed by atoms with van der Waals surface area (Å²) in [6.45, 7) is 0.152. The van der Waals surface area contributed by atoms with Crippen molar-refractivity contribution in [2.24, 2.45) is 0 Å². The normalized spacial score (nSPS) is 14.1. The summed E-state index contributed by atoms with van der Waals surface area (Å²) in [5.74, 6) is 0.840. The molecular formula is C26H28Cl2N4O. The number of aromatic nitrogens is 3. The standard InChI is InChI=1S/C26H26N4O.2ClH/c27-26(13-5-14-26)21-11-9-19(10-12-21)24-22(18-6-2-1-3-7-18)16-20-17-28-23(8-4-15-31)29-25(20)30-24;;/h1-3,6-7,9-12,16-17,31H,4-5,8,13-15,27H2;2*1H. The third-order valence-corrected chi connectivity index (χ3v) is 6.40. The maximum Gasteiger partial charge on any atom is 0.299 e. The molecule has 5 rings (SSSR count). The summed E-state index contributed by atoms with van der Waals surface area (Å²) in [5.41, 5.74) is 10.8. The second-order valence-corrected chi connectivity index (χ2v) is 8.55. The van der Waals surface area contributed by atoms with Gasteiger partial charge in [-0.2, -0.15) is 0 Å². The second kappa shape index (κ2) is 10.6. The first kappa shape index (κ1) is 25.1. The summed E-state index contributed by atoms with van der Waals surface area (Å²) in [7, 11) is 0. The molecule has 1 fully saturated rings. The van der Waals surface area contributed by atoms with E-state index in [-0.39, 0.29) is 37.0 Å². The fourth-order valence-electron chi connectivity index (χ4n) is 4.34. The molecule has 2 heterocycles. The lowest BCUT2D eigenvalue weighted by molar-refractivity contribution is -0.509. The number of rotatable bonds is 6. The molecule has 5 N–H and O–H groups in total. The average molecular weight is 483 g/mol. The topological polar surface area (TPSA) is 87.8 Å². The predicted molar refractivity (Wildman–Crippen MR) is 121 cm³/mol. The van der Waals surface area contributed by atoms with Crippen molar-refractivity contribution < 1.29 is 40.6 Å². The van der Waals surface area contributed by atoms with E-state index in [0.29, 0.717) is 12.8 Å². The Morgan fingerprint density at radius 2 is 1.67 bits per heavy atom. The lowest BCUT2D eigenvalue weighted by atomic mass is 9.72. The highest BCUT2D eigenvalue weighted by molar-refractivity contribution is 5.89. The van der Waals surface area contributed by atoms with E-state index in [1.54, 1.807) is 0 Å². The maximum absolute atomic E-state index is 9.14. The number of nitrogens with zero attached hydrogens (tertiary/aromatic N) is 2. The van der Waals surface area contributed by atoms with Crippen LogP contribution in [0.1, 0.15) is 37.1 Å². The summed E-state index contributed by atoms with van der Waals surface area (Å²) < 4.78 is 0. The molecule has 0 spiro atoms. The van der Waals surface area contributed by atoms with Crippen LogP contribution >= 0.6 is 0 Å². The van der Waals surface area contributed by atoms with Gasteiger partial charge in [0, 0.05) is 36.1 Å². The Kier molecular flexibility index (Phi) is 8.03. The molecule has 2 aromatic carbocycles. The Balaban J connectivity index is 0.00000153. The van der Waals surface area contributed by atoms with Gasteiger partial charge in [0.05, 0.1) is 17.5 Å². The highest BCUT2D eigenvalue weighted by Crippen LogP contribution is 2.38. The Hall–Kier alpha value is -2.57. The molecule has 4 aromatic rings. The van der Waals surface area contributed by atoms with Crippen LogP contribution in [0.5, 0.6) is 0 Å². The number of hydrogen-bond acceptors (Lipinski definition) is 3. The van der Waals surface area contributed by atoms with Gasteiger partial charge < -0.3 is 35.7 Å². The summed E-state index contributed by atoms with van der Waals surface area (Å²) in [6, 6.07) is 21.3. The van der Waals surface area contributed by atoms with Crippen LogP contribution in [0.4, 0.5) is 0 Å². The number of aromatic amines is 1. The quantitative estimate of drug-likeness (QED) is 0.314. The molecule has 0 atom stereocenters. The number of aryl methyl sites for hydroxylation is 1. The fourth-order valence-corrected chi connectivity index (χ4v) is 4.34. The van der Waals surface area contributed by atoms with Crippen molar-refractivity contribution in [3.05, 3.63) is 78.2 Å². The first-order valence-electron chi connectivity index (χ1n) is 11.0. The monoisotopic (exact) mass is 482 g/mol. The number of hydrogen-bond donors (Lipinski definition) is 2. The third-order valence-electron chi connectivity index (χ3n) is 6.40. The number of aliphatic hydroxyl groups excluding tert-OH is 1. The Labute approximate surface area is 206 Å². The van der Waals surface area contributed by atoms with E-state index in [4.69, 9.17) is 15.1 Å². The molecule has 0 aliphatic heterocycles. The Morgan fingerprint density at radius 1 is 0.939 bits per heavy atom. The van der Waals surface area contributed by atoms with Crippen molar-refractivity contribution in [1.29, 1.82) is 0 Å². The number of fused-ring (bicyclic) bond motifs is 1. The van der Waals surface area contributed by atoms with E-state index in [0.717, 1.165) is 52.1 Å². The second-order valence-electron chi connectivity index (χ2n) is 8.55. The van der Waals surface area contributed by atoms with Crippen molar-refractivity contribution in [2.75, 3.05) is 6.61 Å². The van der Waals surface area contributed by atoms with Crippen LogP contribution in [0, 0.1) is 0 Å². The van der Waals surface area contributed by atoms with Crippen molar-refractivity contribution in [1.82, 2.24) is 9.97 Å². The SMILES string of the molecule is [Cl-].[Cl-].[NH3+]C1(c2ccc(-c3nc4nc(CCCO)[nH+]cc4cc3-c3ccccc3)cc2)CCC1. The lowest BCUT2D eigenvalue weighted by Crippen LogP contribution is -3.00. The zero-order valence-corrected chi connectivity index (χ0v) is 19.9. The van der Waals surface area contributed by atoms with Gasteiger partial charge in [0.25, 0.3) is 11.5 Å². The van der Waals surface area contributed by atoms with E-state index in [1.807, 2.05) is 12.3 Å². The van der Waals surface area contributed by atoms with E-state index < -0.39 is 0 Å². The fraction of sp³-hybridized carbons (Fsp3) is 0.269. The van der Waals surface area contributed by atoms with Crippen molar-refractivity contribution in [3.63, 3.8) is 0 Å². The van der Waals surface area contributed by atoms with Gasteiger partial charge >= 0.3 is 0 Å². The minimum absolute atomic E-state index is 0. The van der Waals surface area contributed by atoms with E-state index in [1.165, 1.54) is 12.0 Å². The maximum atomic E-state index is 9.14. The smallest absolute Gasteiger partial charge is 0.299 e. The van der Waals surface area contributed by atoms with Gasteiger partial charge in [-0.1, -0.05) is 54.6 Å². The van der Waals surface area contributed by atoms with Gasteiger partial charge in [-0.25, -0.2) is 9.97 Å². The molecule has 0 unspecified atom stereocenters. The number of halogens is 2. The number of aliphatic hydroxyl groups is 1. The zero-order chi connectivity index (χ0) is 21.3. The molecule has 0 saturated heterocycles. The molecule has 33 heavy (non-hydrogen) atoms. The molecule has 0 radical (unpaired) electrons. The van der Waals surface area contributed by atoms with E-state index in [2.05, 4.69) is 65.3 Å². The lowest BCUT2D eigenvalue weighted by Gasteiger charge is -2.34. The number of benzene rings is 2. The molecule has 1 saturated carbocycles. The molecule has 1 aliphatic carbocycles. The molecule has 1 aliphatic rings. The molecule has 5 nitrogen and oxygen atoms in total. The van der Waals surface area contributed by atoms with Crippen LogP contribution in [0.2, 0.25) is 0 Å². The van der Waals surface area contributed by atoms with Gasteiger partial charge in [0.2, 0.25) is 0 Å².